The normalized spacial score (nSPS) is 18.6. The van der Waals surface area contributed by atoms with Gasteiger partial charge in [0.05, 0.1) is 0 Å². The standard InChI is InChI=1S/C16H19N3/c17-14(13-8-4-11-19-15(13)18)16(9-5-10-16)12-6-2-1-3-7-12/h1-4,6-8,11,14H,5,9-10,17H2,(H2,18,19). The van der Waals surface area contributed by atoms with E-state index in [1.54, 1.807) is 6.20 Å². The summed E-state index contributed by atoms with van der Waals surface area (Å²) in [6, 6.07) is 14.4. The molecule has 4 N–H and O–H groups in total. The Hall–Kier alpha value is -1.87. The second-order valence-electron chi connectivity index (χ2n) is 5.33. The molecule has 3 nitrogen and oxygen atoms in total. The van der Waals surface area contributed by atoms with E-state index < -0.39 is 0 Å². The quantitative estimate of drug-likeness (QED) is 0.884. The second kappa shape index (κ2) is 4.67. The molecular weight excluding hydrogens is 234 g/mol. The summed E-state index contributed by atoms with van der Waals surface area (Å²) in [4.78, 5) is 4.16. The van der Waals surface area contributed by atoms with Crippen LogP contribution in [0.1, 0.15) is 36.4 Å². The lowest BCUT2D eigenvalue weighted by atomic mass is 9.59. The molecule has 0 bridgehead atoms. The van der Waals surface area contributed by atoms with Gasteiger partial charge in [-0.1, -0.05) is 42.8 Å². The largest absolute Gasteiger partial charge is 0.383 e. The van der Waals surface area contributed by atoms with E-state index in [0.717, 1.165) is 18.4 Å². The van der Waals surface area contributed by atoms with Gasteiger partial charge in [-0.25, -0.2) is 4.98 Å². The van der Waals surface area contributed by atoms with Crippen molar-refractivity contribution in [3.63, 3.8) is 0 Å². The van der Waals surface area contributed by atoms with Gasteiger partial charge in [0.1, 0.15) is 5.82 Å². The summed E-state index contributed by atoms with van der Waals surface area (Å²) in [6.45, 7) is 0. The molecule has 0 aliphatic heterocycles. The van der Waals surface area contributed by atoms with Crippen molar-refractivity contribution in [3.8, 4) is 0 Å². The van der Waals surface area contributed by atoms with E-state index in [9.17, 15) is 0 Å². The highest BCUT2D eigenvalue weighted by molar-refractivity contribution is 5.45. The van der Waals surface area contributed by atoms with Crippen molar-refractivity contribution in [1.82, 2.24) is 4.98 Å². The van der Waals surface area contributed by atoms with Gasteiger partial charge in [-0.15, -0.1) is 0 Å². The molecule has 0 saturated heterocycles. The van der Waals surface area contributed by atoms with E-state index in [1.165, 1.54) is 12.0 Å². The van der Waals surface area contributed by atoms with Crippen LogP contribution in [0.5, 0.6) is 0 Å². The van der Waals surface area contributed by atoms with Crippen LogP contribution < -0.4 is 11.5 Å². The van der Waals surface area contributed by atoms with Gasteiger partial charge in [0.2, 0.25) is 0 Å². The number of nitrogens with zero attached hydrogens (tertiary/aromatic N) is 1. The van der Waals surface area contributed by atoms with E-state index >= 15 is 0 Å². The van der Waals surface area contributed by atoms with E-state index in [0.29, 0.717) is 5.82 Å². The molecule has 1 fully saturated rings. The van der Waals surface area contributed by atoms with Gasteiger partial charge in [0, 0.05) is 23.2 Å². The molecule has 1 aromatic carbocycles. The molecule has 98 valence electrons. The summed E-state index contributed by atoms with van der Waals surface area (Å²) in [5.74, 6) is 0.553. The highest BCUT2D eigenvalue weighted by Crippen LogP contribution is 2.51. The molecule has 3 rings (SSSR count). The second-order valence-corrected chi connectivity index (χ2v) is 5.33. The van der Waals surface area contributed by atoms with Crippen LogP contribution in [0.4, 0.5) is 5.82 Å². The van der Waals surface area contributed by atoms with Crippen molar-refractivity contribution in [2.24, 2.45) is 5.73 Å². The molecule has 1 saturated carbocycles. The van der Waals surface area contributed by atoms with Crippen molar-refractivity contribution >= 4 is 5.82 Å². The summed E-state index contributed by atoms with van der Waals surface area (Å²) >= 11 is 0. The summed E-state index contributed by atoms with van der Waals surface area (Å²) < 4.78 is 0. The average Bonchev–Trinajstić information content (AvgIpc) is 2.39. The predicted octanol–water partition coefficient (Wildman–Crippen LogP) is 2.79. The summed E-state index contributed by atoms with van der Waals surface area (Å²) in [5, 5.41) is 0. The summed E-state index contributed by atoms with van der Waals surface area (Å²) in [5.41, 5.74) is 14.8. The van der Waals surface area contributed by atoms with Gasteiger partial charge >= 0.3 is 0 Å². The Morgan fingerprint density at radius 3 is 2.37 bits per heavy atom. The monoisotopic (exact) mass is 253 g/mol. The lowest BCUT2D eigenvalue weighted by Gasteiger charge is -2.47. The number of nitrogens with two attached hydrogens (primary N) is 2. The fourth-order valence-electron chi connectivity index (χ4n) is 3.10. The van der Waals surface area contributed by atoms with Crippen molar-refractivity contribution in [1.29, 1.82) is 0 Å². The minimum atomic E-state index is -0.0858. The Morgan fingerprint density at radius 2 is 1.79 bits per heavy atom. The first kappa shape index (κ1) is 12.2. The Kier molecular flexibility index (Phi) is 2.99. The number of anilines is 1. The molecule has 2 aromatic rings. The summed E-state index contributed by atoms with van der Waals surface area (Å²) in [7, 11) is 0. The molecular formula is C16H19N3. The molecule has 0 radical (unpaired) electrons. The zero-order chi connectivity index (χ0) is 13.3. The van der Waals surface area contributed by atoms with Crippen LogP contribution in [0.2, 0.25) is 0 Å². The molecule has 1 unspecified atom stereocenters. The minimum Gasteiger partial charge on any atom is -0.383 e. The van der Waals surface area contributed by atoms with E-state index in [1.807, 2.05) is 18.2 Å². The van der Waals surface area contributed by atoms with Crippen molar-refractivity contribution in [2.75, 3.05) is 5.73 Å². The number of nitrogen functional groups attached to an aromatic ring is 1. The third-order valence-electron chi connectivity index (χ3n) is 4.40. The molecule has 0 amide bonds. The maximum atomic E-state index is 6.55. The smallest absolute Gasteiger partial charge is 0.128 e. The maximum Gasteiger partial charge on any atom is 0.128 e. The lowest BCUT2D eigenvalue weighted by Crippen LogP contribution is -2.44. The average molecular weight is 253 g/mol. The number of hydrogen-bond acceptors (Lipinski definition) is 3. The minimum absolute atomic E-state index is 0.0262. The van der Waals surface area contributed by atoms with E-state index in [-0.39, 0.29) is 11.5 Å². The first-order chi connectivity index (χ1) is 9.24. The Balaban J connectivity index is 2.02. The first-order valence-electron chi connectivity index (χ1n) is 6.75. The highest BCUT2D eigenvalue weighted by atomic mass is 14.8. The third-order valence-corrected chi connectivity index (χ3v) is 4.40. The highest BCUT2D eigenvalue weighted by Gasteiger charge is 2.44. The zero-order valence-corrected chi connectivity index (χ0v) is 10.9. The molecule has 1 heterocycles. The number of pyridine rings is 1. The molecule has 3 heteroatoms. The third kappa shape index (κ3) is 1.90. The predicted molar refractivity (Wildman–Crippen MR) is 77.5 cm³/mol. The van der Waals surface area contributed by atoms with Gasteiger partial charge in [0.25, 0.3) is 0 Å². The molecule has 1 aromatic heterocycles. The van der Waals surface area contributed by atoms with Crippen LogP contribution in [0.25, 0.3) is 0 Å². The molecule has 1 aliphatic rings. The van der Waals surface area contributed by atoms with E-state index in [2.05, 4.69) is 29.2 Å². The maximum absolute atomic E-state index is 6.55. The molecule has 1 atom stereocenters. The van der Waals surface area contributed by atoms with Crippen molar-refractivity contribution in [3.05, 3.63) is 59.8 Å². The Labute approximate surface area is 113 Å². The lowest BCUT2D eigenvalue weighted by molar-refractivity contribution is 0.196. The molecule has 1 aliphatic carbocycles. The van der Waals surface area contributed by atoms with Gasteiger partial charge < -0.3 is 11.5 Å². The number of hydrogen-bond donors (Lipinski definition) is 2. The van der Waals surface area contributed by atoms with Crippen LogP contribution in [0.3, 0.4) is 0 Å². The van der Waals surface area contributed by atoms with Gasteiger partial charge in [-0.2, -0.15) is 0 Å². The van der Waals surface area contributed by atoms with Gasteiger partial charge in [-0.05, 0) is 24.5 Å². The molecule has 0 spiro atoms. The SMILES string of the molecule is Nc1ncccc1C(N)C1(c2ccccc2)CCC1. The Morgan fingerprint density at radius 1 is 1.05 bits per heavy atom. The van der Waals surface area contributed by atoms with Crippen LogP contribution in [-0.4, -0.2) is 4.98 Å². The Bertz CT molecular complexity index is 561. The fraction of sp³-hybridized carbons (Fsp3) is 0.312. The van der Waals surface area contributed by atoms with Crippen molar-refractivity contribution < 1.29 is 0 Å². The van der Waals surface area contributed by atoms with Crippen molar-refractivity contribution in [2.45, 2.75) is 30.7 Å². The zero-order valence-electron chi connectivity index (χ0n) is 10.9. The number of aromatic nitrogens is 1. The topological polar surface area (TPSA) is 64.9 Å². The number of benzene rings is 1. The first-order valence-corrected chi connectivity index (χ1v) is 6.75. The van der Waals surface area contributed by atoms with E-state index in [4.69, 9.17) is 11.5 Å². The van der Waals surface area contributed by atoms with Gasteiger partial charge in [0.15, 0.2) is 0 Å². The summed E-state index contributed by atoms with van der Waals surface area (Å²) in [6.07, 6.45) is 5.17. The van der Waals surface area contributed by atoms with Crippen LogP contribution in [0.15, 0.2) is 48.7 Å². The fourth-order valence-corrected chi connectivity index (χ4v) is 3.10. The van der Waals surface area contributed by atoms with Crippen LogP contribution in [-0.2, 0) is 5.41 Å². The molecule has 19 heavy (non-hydrogen) atoms. The van der Waals surface area contributed by atoms with Crippen LogP contribution in [0, 0.1) is 0 Å². The van der Waals surface area contributed by atoms with Gasteiger partial charge in [-0.3, -0.25) is 0 Å². The number of rotatable bonds is 3. The van der Waals surface area contributed by atoms with Crippen LogP contribution >= 0.6 is 0 Å².